The van der Waals surface area contributed by atoms with E-state index in [0.717, 1.165) is 0 Å². The lowest BCUT2D eigenvalue weighted by molar-refractivity contribution is -0.111. The number of carbonyl (C=O) groups is 1. The minimum Gasteiger partial charge on any atom is -0.496 e. The molecule has 31 heavy (non-hydrogen) atoms. The first-order valence-corrected chi connectivity index (χ1v) is 9.84. The Morgan fingerprint density at radius 3 is 2.65 bits per heavy atom. The van der Waals surface area contributed by atoms with Crippen molar-refractivity contribution in [1.82, 2.24) is 0 Å². The summed E-state index contributed by atoms with van der Waals surface area (Å²) in [5.74, 6) is -0.519. The number of hydrogen-bond acceptors (Lipinski definition) is 3. The van der Waals surface area contributed by atoms with Gasteiger partial charge in [0.2, 0.25) is 5.91 Å². The lowest BCUT2D eigenvalue weighted by Gasteiger charge is -2.09. The van der Waals surface area contributed by atoms with Crippen LogP contribution >= 0.6 is 23.2 Å². The molecule has 0 radical (unpaired) electrons. The second kappa shape index (κ2) is 10.1. The molecule has 0 heterocycles. The summed E-state index contributed by atoms with van der Waals surface area (Å²) in [6.45, 7) is 0. The summed E-state index contributed by atoms with van der Waals surface area (Å²) in [6, 6.07) is 16.0. The molecule has 0 atom stereocenters. The van der Waals surface area contributed by atoms with Crippen molar-refractivity contribution >= 4 is 52.4 Å². The number of carbonyl (C=O) groups excluding carboxylic acids is 1. The van der Waals surface area contributed by atoms with E-state index in [-0.39, 0.29) is 11.5 Å². The Kier molecular flexibility index (Phi) is 7.28. The van der Waals surface area contributed by atoms with Crippen molar-refractivity contribution in [2.24, 2.45) is 10.7 Å². The minimum absolute atomic E-state index is 0.0408. The number of amidine groups is 1. The SMILES string of the molecule is COc1ccc(Cl)cc1C(N)=Nc1ccc(F)c(NC(=O)C=Cc2ccccc2Cl)c1. The van der Waals surface area contributed by atoms with Crippen molar-refractivity contribution in [2.75, 3.05) is 12.4 Å². The van der Waals surface area contributed by atoms with E-state index < -0.39 is 11.7 Å². The maximum atomic E-state index is 14.2. The number of anilines is 1. The average molecular weight is 458 g/mol. The summed E-state index contributed by atoms with van der Waals surface area (Å²) in [7, 11) is 1.50. The number of nitrogens with one attached hydrogen (secondary N) is 1. The van der Waals surface area contributed by atoms with Crippen molar-refractivity contribution in [3.8, 4) is 5.75 Å². The van der Waals surface area contributed by atoms with E-state index in [2.05, 4.69) is 10.3 Å². The number of nitrogens with two attached hydrogens (primary N) is 1. The number of halogens is 3. The zero-order valence-corrected chi connectivity index (χ0v) is 17.9. The molecule has 0 aliphatic carbocycles. The Balaban J connectivity index is 1.82. The van der Waals surface area contributed by atoms with Gasteiger partial charge in [0.1, 0.15) is 17.4 Å². The fourth-order valence-electron chi connectivity index (χ4n) is 2.71. The van der Waals surface area contributed by atoms with E-state index in [1.54, 1.807) is 48.5 Å². The van der Waals surface area contributed by atoms with Gasteiger partial charge in [-0.3, -0.25) is 4.79 Å². The zero-order chi connectivity index (χ0) is 22.4. The Labute approximate surface area is 189 Å². The van der Waals surface area contributed by atoms with Crippen LogP contribution < -0.4 is 15.8 Å². The standard InChI is InChI=1S/C23H18Cl2FN3O2/c1-31-21-10-7-15(24)12-17(21)23(27)28-16-8-9-19(26)20(13-16)29-22(30)11-6-14-4-2-3-5-18(14)25/h2-13H,1H3,(H2,27,28)(H,29,30). The highest BCUT2D eigenvalue weighted by molar-refractivity contribution is 6.32. The van der Waals surface area contributed by atoms with Crippen LogP contribution in [0.4, 0.5) is 15.8 Å². The Morgan fingerprint density at radius 1 is 1.13 bits per heavy atom. The molecule has 8 heteroatoms. The van der Waals surface area contributed by atoms with Crippen LogP contribution in [0, 0.1) is 5.82 Å². The van der Waals surface area contributed by atoms with E-state index in [9.17, 15) is 9.18 Å². The van der Waals surface area contributed by atoms with E-state index in [4.69, 9.17) is 33.7 Å². The number of ether oxygens (including phenoxy) is 1. The summed E-state index contributed by atoms with van der Waals surface area (Å²) in [6.07, 6.45) is 2.81. The molecule has 3 rings (SSSR count). The number of aliphatic imine (C=N–C) groups is 1. The zero-order valence-electron chi connectivity index (χ0n) is 16.4. The molecule has 0 unspecified atom stereocenters. The molecule has 0 saturated heterocycles. The fraction of sp³-hybridized carbons (Fsp3) is 0.0435. The van der Waals surface area contributed by atoms with Crippen LogP contribution in [0.1, 0.15) is 11.1 Å². The third-order valence-electron chi connectivity index (χ3n) is 4.21. The first-order valence-electron chi connectivity index (χ1n) is 9.08. The van der Waals surface area contributed by atoms with Crippen molar-refractivity contribution in [1.29, 1.82) is 0 Å². The summed E-state index contributed by atoms with van der Waals surface area (Å²) in [4.78, 5) is 16.5. The molecule has 0 bridgehead atoms. The van der Waals surface area contributed by atoms with E-state index in [1.807, 2.05) is 0 Å². The number of methoxy groups -OCH3 is 1. The molecule has 0 spiro atoms. The molecule has 0 aliphatic rings. The molecule has 3 aromatic rings. The maximum absolute atomic E-state index is 14.2. The number of rotatable bonds is 6. The van der Waals surface area contributed by atoms with Crippen LogP contribution in [-0.4, -0.2) is 18.9 Å². The highest BCUT2D eigenvalue weighted by Crippen LogP contribution is 2.26. The van der Waals surface area contributed by atoms with Gasteiger partial charge in [-0.25, -0.2) is 9.38 Å². The third-order valence-corrected chi connectivity index (χ3v) is 4.79. The maximum Gasteiger partial charge on any atom is 0.248 e. The molecule has 3 N–H and O–H groups in total. The molecular weight excluding hydrogens is 440 g/mol. The van der Waals surface area contributed by atoms with Gasteiger partial charge in [0.25, 0.3) is 0 Å². The van der Waals surface area contributed by atoms with Crippen LogP contribution in [0.25, 0.3) is 6.08 Å². The monoisotopic (exact) mass is 457 g/mol. The molecule has 0 saturated carbocycles. The van der Waals surface area contributed by atoms with E-state index >= 15 is 0 Å². The summed E-state index contributed by atoms with van der Waals surface area (Å²) < 4.78 is 19.5. The number of benzene rings is 3. The second-order valence-corrected chi connectivity index (χ2v) is 7.19. The lowest BCUT2D eigenvalue weighted by Crippen LogP contribution is -2.14. The summed E-state index contributed by atoms with van der Waals surface area (Å²) in [5, 5.41) is 3.45. The van der Waals surface area contributed by atoms with Gasteiger partial charge in [0.15, 0.2) is 0 Å². The highest BCUT2D eigenvalue weighted by Gasteiger charge is 2.10. The molecule has 158 valence electrons. The van der Waals surface area contributed by atoms with Crippen LogP contribution in [0.2, 0.25) is 10.0 Å². The largest absolute Gasteiger partial charge is 0.496 e. The molecule has 0 aliphatic heterocycles. The van der Waals surface area contributed by atoms with Gasteiger partial charge in [0.05, 0.1) is 24.0 Å². The van der Waals surface area contributed by atoms with Gasteiger partial charge in [0, 0.05) is 16.1 Å². The molecule has 0 aromatic heterocycles. The third kappa shape index (κ3) is 5.84. The van der Waals surface area contributed by atoms with Gasteiger partial charge in [-0.05, 0) is 54.1 Å². The molecular formula is C23H18Cl2FN3O2. The Bertz CT molecular complexity index is 1180. The number of nitrogens with zero attached hydrogens (tertiary/aromatic N) is 1. The molecule has 3 aromatic carbocycles. The van der Waals surface area contributed by atoms with Gasteiger partial charge in [-0.1, -0.05) is 41.4 Å². The first kappa shape index (κ1) is 22.3. The Hall–Kier alpha value is -3.35. The fourth-order valence-corrected chi connectivity index (χ4v) is 3.08. The predicted octanol–water partition coefficient (Wildman–Crippen LogP) is 5.83. The normalized spacial score (nSPS) is 11.5. The second-order valence-electron chi connectivity index (χ2n) is 6.35. The molecule has 0 fully saturated rings. The van der Waals surface area contributed by atoms with Gasteiger partial charge in [-0.2, -0.15) is 0 Å². The summed E-state index contributed by atoms with van der Waals surface area (Å²) >= 11 is 12.1. The molecule has 5 nitrogen and oxygen atoms in total. The molecule has 1 amide bonds. The van der Waals surface area contributed by atoms with Crippen LogP contribution in [-0.2, 0) is 4.79 Å². The summed E-state index contributed by atoms with van der Waals surface area (Å²) in [5.41, 5.74) is 7.55. The Morgan fingerprint density at radius 2 is 1.90 bits per heavy atom. The lowest BCUT2D eigenvalue weighted by atomic mass is 10.2. The topological polar surface area (TPSA) is 76.7 Å². The van der Waals surface area contributed by atoms with Crippen molar-refractivity contribution in [3.05, 3.63) is 93.7 Å². The van der Waals surface area contributed by atoms with Crippen molar-refractivity contribution in [3.63, 3.8) is 0 Å². The van der Waals surface area contributed by atoms with Gasteiger partial charge >= 0.3 is 0 Å². The highest BCUT2D eigenvalue weighted by atomic mass is 35.5. The van der Waals surface area contributed by atoms with Crippen molar-refractivity contribution in [2.45, 2.75) is 0 Å². The smallest absolute Gasteiger partial charge is 0.248 e. The average Bonchev–Trinajstić information content (AvgIpc) is 2.75. The van der Waals surface area contributed by atoms with Crippen LogP contribution in [0.3, 0.4) is 0 Å². The van der Waals surface area contributed by atoms with Crippen LogP contribution in [0.5, 0.6) is 5.75 Å². The van der Waals surface area contributed by atoms with E-state index in [1.165, 1.54) is 31.4 Å². The predicted molar refractivity (Wildman–Crippen MR) is 124 cm³/mol. The van der Waals surface area contributed by atoms with Gasteiger partial charge in [-0.15, -0.1) is 0 Å². The minimum atomic E-state index is -0.614. The number of hydrogen-bond donors (Lipinski definition) is 2. The van der Waals surface area contributed by atoms with Crippen LogP contribution in [0.15, 0.2) is 71.7 Å². The number of amides is 1. The quantitative estimate of drug-likeness (QED) is 0.277. The van der Waals surface area contributed by atoms with Gasteiger partial charge < -0.3 is 15.8 Å². The van der Waals surface area contributed by atoms with E-state index in [0.29, 0.717) is 32.6 Å². The first-order chi connectivity index (χ1) is 14.9. The van der Waals surface area contributed by atoms with Crippen molar-refractivity contribution < 1.29 is 13.9 Å².